The van der Waals surface area contributed by atoms with Crippen molar-refractivity contribution < 1.29 is 0 Å². The van der Waals surface area contributed by atoms with Crippen molar-refractivity contribution in [2.75, 3.05) is 4.90 Å². The number of anilines is 3. The predicted molar refractivity (Wildman–Crippen MR) is 270 cm³/mol. The van der Waals surface area contributed by atoms with Gasteiger partial charge in [-0.3, -0.25) is 0 Å². The Morgan fingerprint density at radius 3 is 1.56 bits per heavy atom. The second kappa shape index (κ2) is 12.5. The van der Waals surface area contributed by atoms with Gasteiger partial charge in [-0.25, -0.2) is 0 Å². The molecular formula is C63H47N. The van der Waals surface area contributed by atoms with Crippen molar-refractivity contribution in [1.82, 2.24) is 0 Å². The molecule has 0 amide bonds. The van der Waals surface area contributed by atoms with Crippen LogP contribution in [0.4, 0.5) is 17.1 Å². The van der Waals surface area contributed by atoms with Crippen molar-refractivity contribution in [3.8, 4) is 44.5 Å². The molecule has 0 spiro atoms. The minimum Gasteiger partial charge on any atom is -0.310 e. The lowest BCUT2D eigenvalue weighted by molar-refractivity contribution is 0.652. The largest absolute Gasteiger partial charge is 0.310 e. The summed E-state index contributed by atoms with van der Waals surface area (Å²) in [5, 5.41) is 7.92. The number of hydrogen-bond donors (Lipinski definition) is 0. The zero-order valence-electron chi connectivity index (χ0n) is 37.0. The molecule has 0 saturated carbocycles. The number of aryl methyl sites for hydroxylation is 1. The Kier molecular flexibility index (Phi) is 7.08. The van der Waals surface area contributed by atoms with Gasteiger partial charge in [0.05, 0.1) is 0 Å². The van der Waals surface area contributed by atoms with Crippen LogP contribution in [0, 0.1) is 6.92 Å². The van der Waals surface area contributed by atoms with E-state index in [2.05, 4.69) is 209 Å². The van der Waals surface area contributed by atoms with E-state index >= 15 is 0 Å². The highest BCUT2D eigenvalue weighted by Crippen LogP contribution is 2.58. The molecule has 64 heavy (non-hydrogen) atoms. The fourth-order valence-electron chi connectivity index (χ4n) is 12.4. The molecule has 10 aromatic carbocycles. The Balaban J connectivity index is 0.858. The Bertz CT molecular complexity index is 3730. The summed E-state index contributed by atoms with van der Waals surface area (Å²) < 4.78 is 0. The van der Waals surface area contributed by atoms with E-state index < -0.39 is 0 Å². The molecule has 4 aliphatic carbocycles. The normalized spacial score (nSPS) is 15.1. The Labute approximate surface area is 375 Å². The highest BCUT2D eigenvalue weighted by molar-refractivity contribution is 6.10. The Hall–Kier alpha value is -7.22. The molecule has 4 aliphatic rings. The van der Waals surface area contributed by atoms with E-state index in [9.17, 15) is 0 Å². The fourth-order valence-corrected chi connectivity index (χ4v) is 12.4. The average Bonchev–Trinajstić information content (AvgIpc) is 3.97. The molecule has 0 atom stereocenters. The molecule has 14 rings (SSSR count). The van der Waals surface area contributed by atoms with Crippen LogP contribution >= 0.6 is 0 Å². The van der Waals surface area contributed by atoms with Gasteiger partial charge in [0.25, 0.3) is 0 Å². The van der Waals surface area contributed by atoms with Crippen molar-refractivity contribution in [3.05, 3.63) is 220 Å². The lowest BCUT2D eigenvalue weighted by Gasteiger charge is -2.28. The third-order valence-corrected chi connectivity index (χ3v) is 15.9. The van der Waals surface area contributed by atoms with Gasteiger partial charge in [-0.05, 0) is 220 Å². The van der Waals surface area contributed by atoms with Crippen LogP contribution in [0.15, 0.2) is 170 Å². The topological polar surface area (TPSA) is 3.24 Å². The van der Waals surface area contributed by atoms with E-state index in [1.165, 1.54) is 144 Å². The van der Waals surface area contributed by atoms with E-state index in [4.69, 9.17) is 0 Å². The van der Waals surface area contributed by atoms with Gasteiger partial charge in [0.2, 0.25) is 0 Å². The molecular weight excluding hydrogens is 771 g/mol. The molecule has 0 heterocycles. The maximum atomic E-state index is 2.56. The fraction of sp³-hybridized carbons (Fsp3) is 0.143. The van der Waals surface area contributed by atoms with E-state index in [0.29, 0.717) is 0 Å². The zero-order valence-corrected chi connectivity index (χ0v) is 37.0. The van der Waals surface area contributed by atoms with Gasteiger partial charge in [-0.2, -0.15) is 0 Å². The minimum atomic E-state index is -0.185. The molecule has 0 unspecified atom stereocenters. The van der Waals surface area contributed by atoms with Crippen molar-refractivity contribution in [1.29, 1.82) is 0 Å². The van der Waals surface area contributed by atoms with Gasteiger partial charge >= 0.3 is 0 Å². The first-order valence-electron chi connectivity index (χ1n) is 23.1. The standard InChI is InChI=1S/C63H47N/c1-36-14-18-45(19-15-36)64(46-20-22-49-42(27-46)26-43-30-53-44(29-51(43)49)25-41-24-38-11-6-7-12-39(38)28-52(41)53)47-21-23-50-56-34-61-57(35-60(56)63(4,5)59(50)32-47)55-33-54-40(31-58(55)62(61,2)3)17-16-37-10-8-9-13-48(37)54/h6-24,27-35H,25-26H2,1-5H3. The maximum Gasteiger partial charge on any atom is 0.0465 e. The first-order valence-corrected chi connectivity index (χ1v) is 23.1. The molecule has 0 aromatic heterocycles. The highest BCUT2D eigenvalue weighted by atomic mass is 15.1. The van der Waals surface area contributed by atoms with Gasteiger partial charge in [0.1, 0.15) is 0 Å². The quantitative estimate of drug-likeness (QED) is 0.161. The first-order chi connectivity index (χ1) is 31.1. The molecule has 0 fully saturated rings. The Morgan fingerprint density at radius 2 is 0.828 bits per heavy atom. The lowest BCUT2D eigenvalue weighted by atomic mass is 9.79. The summed E-state index contributed by atoms with van der Waals surface area (Å²) in [7, 11) is 0. The van der Waals surface area contributed by atoms with E-state index in [1.54, 1.807) is 0 Å². The van der Waals surface area contributed by atoms with Crippen LogP contribution in [0.1, 0.15) is 77.8 Å². The van der Waals surface area contributed by atoms with Crippen molar-refractivity contribution in [2.24, 2.45) is 0 Å². The zero-order chi connectivity index (χ0) is 42.8. The number of rotatable bonds is 3. The highest BCUT2D eigenvalue weighted by Gasteiger charge is 2.42. The maximum absolute atomic E-state index is 2.56. The molecule has 0 radical (unpaired) electrons. The molecule has 0 saturated heterocycles. The van der Waals surface area contributed by atoms with Crippen LogP contribution in [-0.4, -0.2) is 0 Å². The van der Waals surface area contributed by atoms with E-state index in [1.807, 2.05) is 0 Å². The summed E-state index contributed by atoms with van der Waals surface area (Å²) in [6, 6.07) is 65.6. The van der Waals surface area contributed by atoms with Crippen LogP contribution in [0.2, 0.25) is 0 Å². The summed E-state index contributed by atoms with van der Waals surface area (Å²) in [5.41, 5.74) is 27.0. The summed E-state index contributed by atoms with van der Waals surface area (Å²) in [5.74, 6) is 0. The third-order valence-electron chi connectivity index (χ3n) is 15.9. The summed E-state index contributed by atoms with van der Waals surface area (Å²) in [6.45, 7) is 11.9. The van der Waals surface area contributed by atoms with Gasteiger partial charge in [0, 0.05) is 27.9 Å². The van der Waals surface area contributed by atoms with Crippen molar-refractivity contribution in [2.45, 2.75) is 58.3 Å². The molecule has 1 heteroatoms. The number of nitrogens with zero attached hydrogens (tertiary/aromatic N) is 1. The summed E-state index contributed by atoms with van der Waals surface area (Å²) in [6.07, 6.45) is 1.94. The number of benzene rings is 10. The summed E-state index contributed by atoms with van der Waals surface area (Å²) in [4.78, 5) is 2.48. The van der Waals surface area contributed by atoms with Crippen molar-refractivity contribution in [3.63, 3.8) is 0 Å². The molecule has 10 aromatic rings. The van der Waals surface area contributed by atoms with Crippen LogP contribution in [-0.2, 0) is 23.7 Å². The van der Waals surface area contributed by atoms with Crippen LogP contribution in [0.3, 0.4) is 0 Å². The van der Waals surface area contributed by atoms with Gasteiger partial charge in [-0.1, -0.05) is 124 Å². The van der Waals surface area contributed by atoms with Crippen LogP contribution in [0.25, 0.3) is 76.8 Å². The smallest absolute Gasteiger partial charge is 0.0465 e. The SMILES string of the molecule is Cc1ccc(N(c2ccc3c(c2)Cc2cc4c(cc2-3)Cc2cc3ccccc3cc2-4)c2ccc3c(c2)C(C)(C)c2cc4c(cc2-3)C(C)(C)c2cc3ccc5ccccc5c3cc2-4)cc1. The molecule has 0 aliphatic heterocycles. The van der Waals surface area contributed by atoms with Gasteiger partial charge in [-0.15, -0.1) is 0 Å². The molecule has 0 N–H and O–H groups in total. The van der Waals surface area contributed by atoms with Crippen LogP contribution in [0.5, 0.6) is 0 Å². The number of fused-ring (bicyclic) bond motifs is 16. The van der Waals surface area contributed by atoms with Crippen LogP contribution < -0.4 is 4.90 Å². The Morgan fingerprint density at radius 1 is 0.328 bits per heavy atom. The minimum absolute atomic E-state index is 0.110. The van der Waals surface area contributed by atoms with Crippen molar-refractivity contribution >= 4 is 49.4 Å². The molecule has 0 bridgehead atoms. The third kappa shape index (κ3) is 4.90. The van der Waals surface area contributed by atoms with Gasteiger partial charge < -0.3 is 4.90 Å². The second-order valence-corrected chi connectivity index (χ2v) is 20.2. The first kappa shape index (κ1) is 36.3. The number of hydrogen-bond acceptors (Lipinski definition) is 1. The second-order valence-electron chi connectivity index (χ2n) is 20.2. The van der Waals surface area contributed by atoms with Gasteiger partial charge in [0.15, 0.2) is 0 Å². The molecule has 304 valence electrons. The summed E-state index contributed by atoms with van der Waals surface area (Å²) >= 11 is 0. The lowest BCUT2D eigenvalue weighted by Crippen LogP contribution is -2.17. The van der Waals surface area contributed by atoms with E-state index in [-0.39, 0.29) is 10.8 Å². The monoisotopic (exact) mass is 817 g/mol. The molecule has 1 nitrogen and oxygen atoms in total. The predicted octanol–water partition coefficient (Wildman–Crippen LogP) is 16.7. The average molecular weight is 818 g/mol. The van der Waals surface area contributed by atoms with E-state index in [0.717, 1.165) is 12.8 Å².